The number of amides is 1. The Hall–Kier alpha value is -3.25. The number of oxazole rings is 1. The highest BCUT2D eigenvalue weighted by Crippen LogP contribution is 2.24. The molecule has 3 heterocycles. The van der Waals surface area contributed by atoms with Gasteiger partial charge in [0.15, 0.2) is 5.58 Å². The first kappa shape index (κ1) is 20.0. The van der Waals surface area contributed by atoms with E-state index < -0.39 is 21.7 Å². The Kier molecular flexibility index (Phi) is 5.26. The molecular weight excluding hydrogens is 414 g/mol. The van der Waals surface area contributed by atoms with E-state index in [1.54, 1.807) is 0 Å². The molecule has 158 valence electrons. The summed E-state index contributed by atoms with van der Waals surface area (Å²) in [6.45, 7) is 0.606. The summed E-state index contributed by atoms with van der Waals surface area (Å²) in [4.78, 5) is 32.4. The van der Waals surface area contributed by atoms with Crippen LogP contribution in [-0.2, 0) is 21.4 Å². The fourth-order valence-corrected chi connectivity index (χ4v) is 4.81. The van der Waals surface area contributed by atoms with Crippen LogP contribution in [0.5, 0.6) is 5.88 Å². The third-order valence-electron chi connectivity index (χ3n) is 4.76. The fourth-order valence-electron chi connectivity index (χ4n) is 3.28. The molecule has 0 bridgehead atoms. The second kappa shape index (κ2) is 7.88. The number of benzene rings is 1. The second-order valence-corrected chi connectivity index (χ2v) is 8.63. The predicted octanol–water partition coefficient (Wildman–Crippen LogP) is 0.816. The minimum Gasteiger partial charge on any atom is -0.481 e. The van der Waals surface area contributed by atoms with E-state index in [1.807, 2.05) is 0 Å². The van der Waals surface area contributed by atoms with Crippen molar-refractivity contribution in [3.05, 3.63) is 41.1 Å². The molecule has 0 unspecified atom stereocenters. The van der Waals surface area contributed by atoms with E-state index in [-0.39, 0.29) is 28.7 Å². The maximum Gasteiger partial charge on any atom is 0.420 e. The molecule has 1 amide bonds. The average molecular weight is 433 g/mol. The van der Waals surface area contributed by atoms with Gasteiger partial charge in [0, 0.05) is 25.2 Å². The Balaban J connectivity index is 1.58. The quantitative estimate of drug-likeness (QED) is 0.603. The molecule has 0 atom stereocenters. The van der Waals surface area contributed by atoms with Crippen molar-refractivity contribution in [3.63, 3.8) is 0 Å². The number of methoxy groups -OCH3 is 1. The number of hydrogen-bond acceptors (Lipinski definition) is 8. The van der Waals surface area contributed by atoms with Crippen LogP contribution in [0.25, 0.3) is 11.1 Å². The number of ether oxygens (including phenoxy) is 1. The van der Waals surface area contributed by atoms with E-state index in [0.717, 1.165) is 17.4 Å². The molecule has 3 aromatic rings. The molecule has 1 aromatic carbocycles. The summed E-state index contributed by atoms with van der Waals surface area (Å²) in [6.07, 6.45) is 2.87. The molecule has 0 aliphatic carbocycles. The number of carbonyl (C=O) groups excluding carboxylic acids is 1. The topological polar surface area (TPSA) is 137 Å². The van der Waals surface area contributed by atoms with Gasteiger partial charge in [0.25, 0.3) is 0 Å². The van der Waals surface area contributed by atoms with Crippen LogP contribution in [0.4, 0.5) is 5.82 Å². The lowest BCUT2D eigenvalue weighted by Gasteiger charge is -2.15. The number of anilines is 1. The molecule has 0 saturated carbocycles. The third-order valence-corrected chi connectivity index (χ3v) is 6.66. The van der Waals surface area contributed by atoms with Crippen LogP contribution in [0.3, 0.4) is 0 Å². The molecule has 1 N–H and O–H groups in total. The first-order valence-corrected chi connectivity index (χ1v) is 10.6. The molecule has 12 heteroatoms. The van der Waals surface area contributed by atoms with Crippen LogP contribution in [0.2, 0.25) is 0 Å². The van der Waals surface area contributed by atoms with E-state index in [1.165, 1.54) is 42.0 Å². The lowest BCUT2D eigenvalue weighted by atomic mass is 10.3. The highest BCUT2D eigenvalue weighted by Gasteiger charge is 2.28. The number of fused-ring (bicyclic) bond motifs is 1. The monoisotopic (exact) mass is 433 g/mol. The Morgan fingerprint density at radius 2 is 2.00 bits per heavy atom. The summed E-state index contributed by atoms with van der Waals surface area (Å²) >= 11 is 0. The summed E-state index contributed by atoms with van der Waals surface area (Å²) < 4.78 is 38.1. The zero-order valence-corrected chi connectivity index (χ0v) is 16.9. The molecule has 1 saturated heterocycles. The van der Waals surface area contributed by atoms with Gasteiger partial charge in [-0.05, 0) is 25.0 Å². The van der Waals surface area contributed by atoms with Crippen LogP contribution < -0.4 is 15.8 Å². The third kappa shape index (κ3) is 3.78. The van der Waals surface area contributed by atoms with Gasteiger partial charge < -0.3 is 14.5 Å². The summed E-state index contributed by atoms with van der Waals surface area (Å²) in [7, 11) is -2.21. The van der Waals surface area contributed by atoms with Crippen LogP contribution in [0.15, 0.2) is 44.7 Å². The SMILES string of the molecule is COc1cc(NC(=O)Cn2c(=O)oc3cc(S(=O)(=O)N4CCCC4)ccc32)ncn1. The van der Waals surface area contributed by atoms with Crippen molar-refractivity contribution in [1.82, 2.24) is 18.8 Å². The first-order chi connectivity index (χ1) is 14.4. The van der Waals surface area contributed by atoms with Crippen molar-refractivity contribution in [2.24, 2.45) is 0 Å². The first-order valence-electron chi connectivity index (χ1n) is 9.18. The maximum absolute atomic E-state index is 12.7. The van der Waals surface area contributed by atoms with E-state index in [9.17, 15) is 18.0 Å². The Morgan fingerprint density at radius 1 is 1.23 bits per heavy atom. The van der Waals surface area contributed by atoms with Crippen LogP contribution in [0, 0.1) is 0 Å². The Morgan fingerprint density at radius 3 is 2.73 bits per heavy atom. The summed E-state index contributed by atoms with van der Waals surface area (Å²) in [5, 5.41) is 2.55. The highest BCUT2D eigenvalue weighted by molar-refractivity contribution is 7.89. The lowest BCUT2D eigenvalue weighted by molar-refractivity contribution is -0.116. The summed E-state index contributed by atoms with van der Waals surface area (Å²) in [6, 6.07) is 5.62. The van der Waals surface area contributed by atoms with Gasteiger partial charge in [-0.3, -0.25) is 9.36 Å². The number of sulfonamides is 1. The second-order valence-electron chi connectivity index (χ2n) is 6.69. The molecule has 11 nitrogen and oxygen atoms in total. The van der Waals surface area contributed by atoms with E-state index in [4.69, 9.17) is 9.15 Å². The summed E-state index contributed by atoms with van der Waals surface area (Å²) in [5.41, 5.74) is 0.410. The molecule has 0 spiro atoms. The molecule has 1 aliphatic rings. The average Bonchev–Trinajstić information content (AvgIpc) is 3.37. The van der Waals surface area contributed by atoms with Gasteiger partial charge in [0.2, 0.25) is 21.8 Å². The number of nitrogens with one attached hydrogen (secondary N) is 1. The highest BCUT2D eigenvalue weighted by atomic mass is 32.2. The fraction of sp³-hybridized carbons (Fsp3) is 0.333. The molecular formula is C18H19N5O6S. The van der Waals surface area contributed by atoms with Gasteiger partial charge in [-0.2, -0.15) is 4.31 Å². The van der Waals surface area contributed by atoms with Gasteiger partial charge >= 0.3 is 5.76 Å². The molecule has 1 aliphatic heterocycles. The normalized spacial score (nSPS) is 14.8. The van der Waals surface area contributed by atoms with Crippen LogP contribution >= 0.6 is 0 Å². The molecule has 30 heavy (non-hydrogen) atoms. The van der Waals surface area contributed by atoms with E-state index in [0.29, 0.717) is 18.6 Å². The zero-order chi connectivity index (χ0) is 21.3. The minimum absolute atomic E-state index is 0.0512. The molecule has 4 rings (SSSR count). The minimum atomic E-state index is -3.65. The van der Waals surface area contributed by atoms with Gasteiger partial charge in [0.1, 0.15) is 18.7 Å². The van der Waals surface area contributed by atoms with Crippen molar-refractivity contribution in [2.45, 2.75) is 24.3 Å². The number of hydrogen-bond donors (Lipinski definition) is 1. The largest absolute Gasteiger partial charge is 0.481 e. The zero-order valence-electron chi connectivity index (χ0n) is 16.1. The van der Waals surface area contributed by atoms with Crippen molar-refractivity contribution in [1.29, 1.82) is 0 Å². The molecule has 0 radical (unpaired) electrons. The Labute approximate surface area is 171 Å². The summed E-state index contributed by atoms with van der Waals surface area (Å²) in [5.74, 6) is -0.796. The number of nitrogens with zero attached hydrogens (tertiary/aromatic N) is 4. The van der Waals surface area contributed by atoms with Crippen molar-refractivity contribution in [2.75, 3.05) is 25.5 Å². The van der Waals surface area contributed by atoms with E-state index in [2.05, 4.69) is 15.3 Å². The number of carbonyl (C=O) groups is 1. The van der Waals surface area contributed by atoms with Crippen LogP contribution in [0.1, 0.15) is 12.8 Å². The van der Waals surface area contributed by atoms with E-state index >= 15 is 0 Å². The lowest BCUT2D eigenvalue weighted by Crippen LogP contribution is -2.27. The molecule has 1 fully saturated rings. The van der Waals surface area contributed by atoms with Crippen molar-refractivity contribution < 1.29 is 22.4 Å². The number of rotatable bonds is 6. The van der Waals surface area contributed by atoms with Crippen molar-refractivity contribution in [3.8, 4) is 5.88 Å². The maximum atomic E-state index is 12.7. The Bertz CT molecular complexity index is 1260. The van der Waals surface area contributed by atoms with Gasteiger partial charge in [-0.25, -0.2) is 23.2 Å². The predicted molar refractivity (Wildman–Crippen MR) is 106 cm³/mol. The number of aromatic nitrogens is 3. The standard InChI is InChI=1S/C18H19N5O6S/c1-28-17-9-15(19-11-20-17)21-16(24)10-23-13-5-4-12(8-14(13)29-18(23)25)30(26,27)22-6-2-3-7-22/h4-5,8-9,11H,2-3,6-7,10H2,1H3,(H,19,20,21,24). The van der Waals surface area contributed by atoms with Gasteiger partial charge in [0.05, 0.1) is 17.5 Å². The van der Waals surface area contributed by atoms with Gasteiger partial charge in [-0.1, -0.05) is 0 Å². The smallest absolute Gasteiger partial charge is 0.420 e. The molecule has 2 aromatic heterocycles. The van der Waals surface area contributed by atoms with Gasteiger partial charge in [-0.15, -0.1) is 0 Å². The van der Waals surface area contributed by atoms with Crippen molar-refractivity contribution >= 4 is 32.8 Å². The van der Waals surface area contributed by atoms with Crippen LogP contribution in [-0.4, -0.2) is 53.4 Å².